The molecule has 2 rings (SSSR count). The standard InChI is InChI=1S/C8H6F3NO/c9-5-1-2-7-6(3-5)12-4-8(10,11)13-7/h1-3,12H,4H2. The minimum Gasteiger partial charge on any atom is -0.429 e. The molecule has 0 radical (unpaired) electrons. The molecule has 1 aromatic rings. The highest BCUT2D eigenvalue weighted by Gasteiger charge is 2.36. The topological polar surface area (TPSA) is 21.3 Å². The van der Waals surface area contributed by atoms with Gasteiger partial charge in [-0.25, -0.2) is 4.39 Å². The smallest absolute Gasteiger partial charge is 0.415 e. The van der Waals surface area contributed by atoms with Crippen LogP contribution in [0, 0.1) is 5.82 Å². The van der Waals surface area contributed by atoms with Gasteiger partial charge in [-0.15, -0.1) is 0 Å². The number of halogens is 3. The lowest BCUT2D eigenvalue weighted by atomic mass is 10.2. The highest BCUT2D eigenvalue weighted by molar-refractivity contribution is 5.58. The highest BCUT2D eigenvalue weighted by Crippen LogP contribution is 2.34. The number of ether oxygens (including phenoxy) is 1. The van der Waals surface area contributed by atoms with Crippen LogP contribution in [0.5, 0.6) is 5.75 Å². The number of fused-ring (bicyclic) bond motifs is 1. The third kappa shape index (κ3) is 1.54. The van der Waals surface area contributed by atoms with Crippen LogP contribution in [-0.4, -0.2) is 12.7 Å². The maximum absolute atomic E-state index is 12.6. The van der Waals surface area contributed by atoms with Gasteiger partial charge in [0.2, 0.25) is 0 Å². The Morgan fingerprint density at radius 1 is 1.38 bits per heavy atom. The first-order chi connectivity index (χ1) is 6.07. The SMILES string of the molecule is Fc1ccc2c(c1)NCC(F)(F)O2. The van der Waals surface area contributed by atoms with Crippen LogP contribution in [0.4, 0.5) is 18.9 Å². The van der Waals surface area contributed by atoms with Crippen LogP contribution in [0.2, 0.25) is 0 Å². The molecule has 0 atom stereocenters. The predicted molar refractivity (Wildman–Crippen MR) is 40.5 cm³/mol. The molecule has 5 heteroatoms. The van der Waals surface area contributed by atoms with Gasteiger partial charge >= 0.3 is 6.11 Å². The highest BCUT2D eigenvalue weighted by atomic mass is 19.3. The maximum atomic E-state index is 12.6. The van der Waals surface area contributed by atoms with E-state index in [0.717, 1.165) is 12.1 Å². The molecule has 0 unspecified atom stereocenters. The fourth-order valence-corrected chi connectivity index (χ4v) is 1.12. The first kappa shape index (κ1) is 8.22. The van der Waals surface area contributed by atoms with Crippen molar-refractivity contribution in [3.05, 3.63) is 24.0 Å². The first-order valence-electron chi connectivity index (χ1n) is 3.67. The molecule has 1 aromatic carbocycles. The average molecular weight is 189 g/mol. The first-order valence-corrected chi connectivity index (χ1v) is 3.67. The molecule has 0 aromatic heterocycles. The van der Waals surface area contributed by atoms with Crippen molar-refractivity contribution in [2.24, 2.45) is 0 Å². The van der Waals surface area contributed by atoms with Gasteiger partial charge in [0, 0.05) is 6.07 Å². The molecule has 0 fully saturated rings. The summed E-state index contributed by atoms with van der Waals surface area (Å²) < 4.78 is 42.1. The van der Waals surface area contributed by atoms with Gasteiger partial charge < -0.3 is 10.1 Å². The van der Waals surface area contributed by atoms with Gasteiger partial charge in [0.15, 0.2) is 0 Å². The number of nitrogens with one attached hydrogen (secondary N) is 1. The van der Waals surface area contributed by atoms with Crippen LogP contribution >= 0.6 is 0 Å². The molecule has 1 heterocycles. The van der Waals surface area contributed by atoms with E-state index in [2.05, 4.69) is 10.1 Å². The molecule has 0 amide bonds. The van der Waals surface area contributed by atoms with E-state index in [9.17, 15) is 13.2 Å². The van der Waals surface area contributed by atoms with Gasteiger partial charge in [-0.2, -0.15) is 8.78 Å². The molecule has 1 N–H and O–H groups in total. The second kappa shape index (κ2) is 2.55. The van der Waals surface area contributed by atoms with Gasteiger partial charge in [-0.05, 0) is 12.1 Å². The summed E-state index contributed by atoms with van der Waals surface area (Å²) in [5, 5.41) is 2.38. The number of benzene rings is 1. The van der Waals surface area contributed by atoms with Gasteiger partial charge in [0.1, 0.15) is 18.1 Å². The van der Waals surface area contributed by atoms with E-state index in [1.165, 1.54) is 6.07 Å². The zero-order valence-electron chi connectivity index (χ0n) is 6.48. The third-order valence-electron chi connectivity index (χ3n) is 1.69. The molecular formula is C8H6F3NO. The third-order valence-corrected chi connectivity index (χ3v) is 1.69. The molecule has 13 heavy (non-hydrogen) atoms. The maximum Gasteiger partial charge on any atom is 0.415 e. The second-order valence-electron chi connectivity index (χ2n) is 2.73. The normalized spacial score (nSPS) is 18.4. The Kier molecular flexibility index (Phi) is 1.61. The van der Waals surface area contributed by atoms with Gasteiger partial charge in [0.05, 0.1) is 5.69 Å². The number of hydrogen-bond acceptors (Lipinski definition) is 2. The Morgan fingerprint density at radius 2 is 2.15 bits per heavy atom. The number of anilines is 1. The van der Waals surface area contributed by atoms with Crippen molar-refractivity contribution in [1.29, 1.82) is 0 Å². The summed E-state index contributed by atoms with van der Waals surface area (Å²) in [4.78, 5) is 0. The number of rotatable bonds is 0. The summed E-state index contributed by atoms with van der Waals surface area (Å²) in [5.41, 5.74) is 0.255. The monoisotopic (exact) mass is 189 g/mol. The van der Waals surface area contributed by atoms with E-state index >= 15 is 0 Å². The van der Waals surface area contributed by atoms with Crippen molar-refractivity contribution in [3.63, 3.8) is 0 Å². The van der Waals surface area contributed by atoms with E-state index in [0.29, 0.717) is 0 Å². The summed E-state index contributed by atoms with van der Waals surface area (Å²) >= 11 is 0. The Morgan fingerprint density at radius 3 is 2.92 bits per heavy atom. The lowest BCUT2D eigenvalue weighted by molar-refractivity contribution is -0.166. The Hall–Kier alpha value is -1.39. The number of hydrogen-bond donors (Lipinski definition) is 1. The molecule has 1 aliphatic rings. The van der Waals surface area contributed by atoms with Crippen molar-refractivity contribution < 1.29 is 17.9 Å². The lowest BCUT2D eigenvalue weighted by Gasteiger charge is -2.26. The van der Waals surface area contributed by atoms with E-state index in [-0.39, 0.29) is 11.4 Å². The fraction of sp³-hybridized carbons (Fsp3) is 0.250. The molecule has 0 saturated carbocycles. The van der Waals surface area contributed by atoms with Gasteiger partial charge in [0.25, 0.3) is 0 Å². The van der Waals surface area contributed by atoms with Crippen molar-refractivity contribution >= 4 is 5.69 Å². The van der Waals surface area contributed by atoms with E-state index < -0.39 is 18.5 Å². The van der Waals surface area contributed by atoms with Crippen molar-refractivity contribution in [1.82, 2.24) is 0 Å². The number of alkyl halides is 2. The summed E-state index contributed by atoms with van der Waals surface area (Å²) in [5.74, 6) is -0.516. The Bertz CT molecular complexity index is 340. The van der Waals surface area contributed by atoms with E-state index in [1.807, 2.05) is 0 Å². The van der Waals surface area contributed by atoms with Crippen LogP contribution < -0.4 is 10.1 Å². The Balaban J connectivity index is 2.37. The van der Waals surface area contributed by atoms with E-state index in [1.54, 1.807) is 0 Å². The summed E-state index contributed by atoms with van der Waals surface area (Å²) in [6.45, 7) is -0.635. The molecule has 2 nitrogen and oxygen atoms in total. The summed E-state index contributed by atoms with van der Waals surface area (Å²) in [6.07, 6.45) is -3.22. The molecule has 0 bridgehead atoms. The summed E-state index contributed by atoms with van der Waals surface area (Å²) in [6, 6.07) is 3.36. The van der Waals surface area contributed by atoms with Crippen LogP contribution in [0.15, 0.2) is 18.2 Å². The van der Waals surface area contributed by atoms with Crippen LogP contribution in [0.3, 0.4) is 0 Å². The molecular weight excluding hydrogens is 183 g/mol. The van der Waals surface area contributed by atoms with Crippen LogP contribution in [0.1, 0.15) is 0 Å². The average Bonchev–Trinajstić information content (AvgIpc) is 2.05. The molecule has 70 valence electrons. The lowest BCUT2D eigenvalue weighted by Crippen LogP contribution is -2.37. The largest absolute Gasteiger partial charge is 0.429 e. The second-order valence-corrected chi connectivity index (χ2v) is 2.73. The fourth-order valence-electron chi connectivity index (χ4n) is 1.12. The van der Waals surface area contributed by atoms with Gasteiger partial charge in [-0.1, -0.05) is 0 Å². The zero-order chi connectivity index (χ0) is 9.47. The molecule has 1 aliphatic heterocycles. The quantitative estimate of drug-likeness (QED) is 0.675. The molecule has 0 spiro atoms. The van der Waals surface area contributed by atoms with Crippen molar-refractivity contribution in [2.75, 3.05) is 11.9 Å². The van der Waals surface area contributed by atoms with Gasteiger partial charge in [-0.3, -0.25) is 0 Å². The molecule has 0 saturated heterocycles. The molecule has 0 aliphatic carbocycles. The Labute approximate surface area is 72.3 Å². The van der Waals surface area contributed by atoms with E-state index in [4.69, 9.17) is 0 Å². The van der Waals surface area contributed by atoms with Crippen molar-refractivity contribution in [3.8, 4) is 5.75 Å². The van der Waals surface area contributed by atoms with Crippen LogP contribution in [-0.2, 0) is 0 Å². The summed E-state index contributed by atoms with van der Waals surface area (Å²) in [7, 11) is 0. The predicted octanol–water partition coefficient (Wildman–Crippen LogP) is 2.22. The zero-order valence-corrected chi connectivity index (χ0v) is 6.48. The van der Waals surface area contributed by atoms with Crippen molar-refractivity contribution in [2.45, 2.75) is 6.11 Å². The van der Waals surface area contributed by atoms with Crippen LogP contribution in [0.25, 0.3) is 0 Å². The minimum atomic E-state index is -3.22. The minimum absolute atomic E-state index is 0.0300.